The number of aromatic nitrogens is 3. The van der Waals surface area contributed by atoms with Gasteiger partial charge in [0, 0.05) is 33.9 Å². The zero-order valence-electron chi connectivity index (χ0n) is 10.6. The molecule has 0 saturated carbocycles. The van der Waals surface area contributed by atoms with E-state index < -0.39 is 8.80 Å². The number of rotatable bonds is 7. The van der Waals surface area contributed by atoms with Crippen LogP contribution < -0.4 is 0 Å². The molecule has 0 amide bonds. The topological polar surface area (TPSA) is 61.3 Å². The fourth-order valence-electron chi connectivity index (χ4n) is 1.63. The number of aryl methyl sites for hydroxylation is 2. The van der Waals surface area contributed by atoms with Crippen LogP contribution in [-0.4, -0.2) is 44.9 Å². The zero-order chi connectivity index (χ0) is 12.9. The SMILES string of the molecule is CO[Si](CCCn1[nH]c(C)nc1=S)(OC)OC. The molecule has 0 aliphatic rings. The molecule has 0 aliphatic heterocycles. The van der Waals surface area contributed by atoms with Crippen molar-refractivity contribution in [3.63, 3.8) is 0 Å². The molecule has 1 aromatic rings. The van der Waals surface area contributed by atoms with Crippen molar-refractivity contribution >= 4 is 21.0 Å². The first-order chi connectivity index (χ1) is 8.06. The van der Waals surface area contributed by atoms with E-state index in [4.69, 9.17) is 25.5 Å². The first kappa shape index (κ1) is 14.5. The molecule has 0 unspecified atom stereocenters. The van der Waals surface area contributed by atoms with E-state index >= 15 is 0 Å². The maximum absolute atomic E-state index is 5.34. The van der Waals surface area contributed by atoms with Gasteiger partial charge in [0.1, 0.15) is 5.82 Å². The van der Waals surface area contributed by atoms with Crippen molar-refractivity contribution in [3.8, 4) is 0 Å². The Morgan fingerprint density at radius 1 is 1.29 bits per heavy atom. The summed E-state index contributed by atoms with van der Waals surface area (Å²) < 4.78 is 18.4. The van der Waals surface area contributed by atoms with Crippen LogP contribution in [0.4, 0.5) is 0 Å². The van der Waals surface area contributed by atoms with Crippen LogP contribution in [0.2, 0.25) is 6.04 Å². The third-order valence-electron chi connectivity index (χ3n) is 2.59. The molecular weight excluding hydrogens is 258 g/mol. The van der Waals surface area contributed by atoms with Crippen LogP contribution in [0.1, 0.15) is 12.2 Å². The largest absolute Gasteiger partial charge is 0.500 e. The summed E-state index contributed by atoms with van der Waals surface area (Å²) in [4.78, 5) is 4.13. The minimum Gasteiger partial charge on any atom is -0.377 e. The van der Waals surface area contributed by atoms with Crippen molar-refractivity contribution in [2.24, 2.45) is 0 Å². The lowest BCUT2D eigenvalue weighted by Crippen LogP contribution is -2.42. The number of aromatic amines is 1. The van der Waals surface area contributed by atoms with Gasteiger partial charge in [-0.1, -0.05) is 0 Å². The standard InChI is InChI=1S/C9H19N3O3SSi/c1-8-10-9(16)12(11-8)6-5-7-17(13-2,14-3)15-4/h5-7H2,1-4H3,(H,10,11,16). The summed E-state index contributed by atoms with van der Waals surface area (Å²) in [5, 5.41) is 3.08. The van der Waals surface area contributed by atoms with Crippen LogP contribution in [0.5, 0.6) is 0 Å². The van der Waals surface area contributed by atoms with Crippen molar-refractivity contribution in [3.05, 3.63) is 10.6 Å². The molecule has 0 bridgehead atoms. The molecule has 17 heavy (non-hydrogen) atoms. The minimum absolute atomic E-state index is 0.571. The van der Waals surface area contributed by atoms with Gasteiger partial charge in [-0.05, 0) is 25.6 Å². The molecule has 1 aromatic heterocycles. The van der Waals surface area contributed by atoms with Crippen LogP contribution in [-0.2, 0) is 19.8 Å². The van der Waals surface area contributed by atoms with Gasteiger partial charge >= 0.3 is 8.80 Å². The normalized spacial score (nSPS) is 12.0. The lowest BCUT2D eigenvalue weighted by molar-refractivity contribution is 0.122. The smallest absolute Gasteiger partial charge is 0.377 e. The molecule has 0 atom stereocenters. The van der Waals surface area contributed by atoms with Crippen LogP contribution in [0.3, 0.4) is 0 Å². The van der Waals surface area contributed by atoms with Gasteiger partial charge in [-0.3, -0.25) is 9.78 Å². The number of hydrogen-bond donors (Lipinski definition) is 1. The van der Waals surface area contributed by atoms with Crippen LogP contribution in [0.15, 0.2) is 0 Å². The summed E-state index contributed by atoms with van der Waals surface area (Å²) in [5.41, 5.74) is 0. The van der Waals surface area contributed by atoms with Gasteiger partial charge in [0.15, 0.2) is 0 Å². The number of hydrogen-bond acceptors (Lipinski definition) is 5. The van der Waals surface area contributed by atoms with Gasteiger partial charge in [-0.15, -0.1) is 0 Å². The van der Waals surface area contributed by atoms with E-state index in [1.807, 2.05) is 11.6 Å². The Balaban J connectivity index is 2.52. The van der Waals surface area contributed by atoms with Crippen molar-refractivity contribution in [2.45, 2.75) is 25.9 Å². The first-order valence-corrected chi connectivity index (χ1v) is 7.70. The average Bonchev–Trinajstić information content (AvgIpc) is 2.64. The molecule has 0 fully saturated rings. The molecule has 8 heteroatoms. The Labute approximate surface area is 107 Å². The third kappa shape index (κ3) is 3.71. The third-order valence-corrected chi connectivity index (χ3v) is 5.73. The van der Waals surface area contributed by atoms with E-state index in [1.165, 1.54) is 0 Å². The van der Waals surface area contributed by atoms with Gasteiger partial charge in [0.05, 0.1) is 0 Å². The monoisotopic (exact) mass is 277 g/mol. The summed E-state index contributed by atoms with van der Waals surface area (Å²) in [7, 11) is 2.39. The van der Waals surface area contributed by atoms with Gasteiger partial charge < -0.3 is 13.3 Å². The predicted octanol–water partition coefficient (Wildman–Crippen LogP) is 1.52. The molecule has 0 spiro atoms. The molecule has 0 aromatic carbocycles. The highest BCUT2D eigenvalue weighted by Gasteiger charge is 2.36. The molecule has 1 rings (SSSR count). The number of H-pyrrole nitrogens is 1. The molecule has 0 saturated heterocycles. The summed E-state index contributed by atoms with van der Waals surface area (Å²) in [6, 6.07) is 0.746. The van der Waals surface area contributed by atoms with Gasteiger partial charge in [-0.25, -0.2) is 4.98 Å². The van der Waals surface area contributed by atoms with E-state index in [-0.39, 0.29) is 0 Å². The molecule has 1 N–H and O–H groups in total. The van der Waals surface area contributed by atoms with Gasteiger partial charge in [-0.2, -0.15) is 0 Å². The maximum Gasteiger partial charge on any atom is 0.500 e. The zero-order valence-corrected chi connectivity index (χ0v) is 12.5. The highest BCUT2D eigenvalue weighted by molar-refractivity contribution is 7.71. The van der Waals surface area contributed by atoms with Crippen LogP contribution >= 0.6 is 12.2 Å². The first-order valence-electron chi connectivity index (χ1n) is 5.36. The van der Waals surface area contributed by atoms with Crippen molar-refractivity contribution in [2.75, 3.05) is 21.3 Å². The highest BCUT2D eigenvalue weighted by Crippen LogP contribution is 2.15. The Hall–Kier alpha value is -0.543. The van der Waals surface area contributed by atoms with E-state index in [0.29, 0.717) is 4.77 Å². The van der Waals surface area contributed by atoms with Gasteiger partial charge in [0.25, 0.3) is 0 Å². The maximum atomic E-state index is 5.34. The van der Waals surface area contributed by atoms with E-state index in [0.717, 1.165) is 24.8 Å². The number of nitrogens with one attached hydrogen (secondary N) is 1. The Morgan fingerprint density at radius 3 is 2.29 bits per heavy atom. The average molecular weight is 277 g/mol. The Morgan fingerprint density at radius 2 is 1.88 bits per heavy atom. The predicted molar refractivity (Wildman–Crippen MR) is 68.4 cm³/mol. The quantitative estimate of drug-likeness (QED) is 0.605. The van der Waals surface area contributed by atoms with E-state index in [2.05, 4.69) is 10.1 Å². The lowest BCUT2D eigenvalue weighted by atomic mass is 10.5. The van der Waals surface area contributed by atoms with E-state index in [9.17, 15) is 0 Å². The van der Waals surface area contributed by atoms with Crippen molar-refractivity contribution in [1.29, 1.82) is 0 Å². The molecule has 0 radical (unpaired) electrons. The number of nitrogens with zero attached hydrogens (tertiary/aromatic N) is 2. The minimum atomic E-state index is -2.46. The second-order valence-corrected chi connectivity index (χ2v) is 7.10. The van der Waals surface area contributed by atoms with Crippen LogP contribution in [0, 0.1) is 11.7 Å². The second-order valence-electron chi connectivity index (χ2n) is 3.64. The fourth-order valence-corrected chi connectivity index (χ4v) is 3.61. The van der Waals surface area contributed by atoms with Crippen molar-refractivity contribution in [1.82, 2.24) is 14.8 Å². The molecule has 0 aliphatic carbocycles. The Bertz CT molecular complexity index is 394. The van der Waals surface area contributed by atoms with Gasteiger partial charge in [0.2, 0.25) is 4.77 Å². The summed E-state index contributed by atoms with van der Waals surface area (Å²) >= 11 is 5.10. The van der Waals surface area contributed by atoms with Crippen molar-refractivity contribution < 1.29 is 13.3 Å². The summed E-state index contributed by atoms with van der Waals surface area (Å²) in [6.07, 6.45) is 0.859. The summed E-state index contributed by atoms with van der Waals surface area (Å²) in [6.45, 7) is 2.63. The molecule has 1 heterocycles. The molecule has 98 valence electrons. The fraction of sp³-hybridized carbons (Fsp3) is 0.778. The lowest BCUT2D eigenvalue weighted by Gasteiger charge is -2.24. The second kappa shape index (κ2) is 6.41. The summed E-state index contributed by atoms with van der Waals surface area (Å²) in [5.74, 6) is 0.823. The Kier molecular flexibility index (Phi) is 5.47. The highest BCUT2D eigenvalue weighted by atomic mass is 32.1. The van der Waals surface area contributed by atoms with Crippen LogP contribution in [0.25, 0.3) is 0 Å². The molecule has 6 nitrogen and oxygen atoms in total. The molecular formula is C9H19N3O3SSi. The van der Waals surface area contributed by atoms with E-state index in [1.54, 1.807) is 21.3 Å².